The van der Waals surface area contributed by atoms with Crippen LogP contribution in [-0.2, 0) is 14.8 Å². The second kappa shape index (κ2) is 8.94. The number of hydrogen-bond donors (Lipinski definition) is 3. The molecule has 0 saturated heterocycles. The van der Waals surface area contributed by atoms with E-state index in [0.29, 0.717) is 5.69 Å². The quantitative estimate of drug-likeness (QED) is 0.292. The Kier molecular flexibility index (Phi) is 6.84. The van der Waals surface area contributed by atoms with Crippen LogP contribution >= 0.6 is 0 Å². The lowest BCUT2D eigenvalue weighted by Gasteiger charge is -2.24. The molecule has 2 aromatic rings. The van der Waals surface area contributed by atoms with E-state index >= 15 is 0 Å². The van der Waals surface area contributed by atoms with E-state index in [0.717, 1.165) is 10.6 Å². The van der Waals surface area contributed by atoms with E-state index in [-0.39, 0.29) is 34.7 Å². The van der Waals surface area contributed by atoms with E-state index in [4.69, 9.17) is 11.6 Å². The molecule has 0 saturated carbocycles. The number of aromatic nitrogens is 2. The van der Waals surface area contributed by atoms with Gasteiger partial charge in [0.2, 0.25) is 10.0 Å². The predicted octanol–water partition coefficient (Wildman–Crippen LogP) is 0.227. The largest absolute Gasteiger partial charge is 0.364 e. The van der Waals surface area contributed by atoms with Crippen molar-refractivity contribution < 1.29 is 18.0 Å². The van der Waals surface area contributed by atoms with E-state index in [1.165, 1.54) is 49.6 Å². The summed E-state index contributed by atoms with van der Waals surface area (Å²) in [5.74, 6) is 5.43. The van der Waals surface area contributed by atoms with Gasteiger partial charge in [0.05, 0.1) is 17.1 Å². The smallest absolute Gasteiger partial charge is 0.271 e. The van der Waals surface area contributed by atoms with Crippen LogP contribution in [0.25, 0.3) is 0 Å². The van der Waals surface area contributed by atoms with Crippen molar-refractivity contribution in [1.82, 2.24) is 14.3 Å². The topological polar surface area (TPSA) is 165 Å². The van der Waals surface area contributed by atoms with Gasteiger partial charge in [0.1, 0.15) is 6.29 Å². The van der Waals surface area contributed by atoms with Crippen molar-refractivity contribution in [2.24, 2.45) is 11.6 Å². The molecule has 29 heavy (non-hydrogen) atoms. The first-order valence-corrected chi connectivity index (χ1v) is 9.96. The average Bonchev–Trinajstić information content (AvgIpc) is 2.67. The van der Waals surface area contributed by atoms with Gasteiger partial charge in [-0.3, -0.25) is 9.80 Å². The average molecular weight is 421 g/mol. The molecule has 0 aliphatic heterocycles. The molecule has 156 valence electrons. The summed E-state index contributed by atoms with van der Waals surface area (Å²) in [7, 11) is -0.696. The molecule has 0 radical (unpaired) electrons. The van der Waals surface area contributed by atoms with E-state index in [9.17, 15) is 18.0 Å². The lowest BCUT2D eigenvalue weighted by Crippen LogP contribution is -2.40. The minimum absolute atomic E-state index is 0.0481. The molecule has 1 amide bonds. The maximum Gasteiger partial charge on any atom is 0.271 e. The van der Waals surface area contributed by atoms with Crippen LogP contribution in [-0.4, -0.2) is 55.0 Å². The number of benzene rings is 1. The van der Waals surface area contributed by atoms with Crippen molar-refractivity contribution in [2.75, 3.05) is 24.4 Å². The summed E-state index contributed by atoms with van der Waals surface area (Å²) < 4.78 is 25.4. The fourth-order valence-corrected chi connectivity index (χ4v) is 3.21. The number of nitrogens with two attached hydrogens (primary N) is 2. The van der Waals surface area contributed by atoms with Gasteiger partial charge in [0.25, 0.3) is 5.91 Å². The number of rotatable bonds is 9. The first-order chi connectivity index (χ1) is 13.6. The van der Waals surface area contributed by atoms with E-state index < -0.39 is 15.9 Å². The van der Waals surface area contributed by atoms with Crippen molar-refractivity contribution in [1.29, 1.82) is 0 Å². The predicted molar refractivity (Wildman–Crippen MR) is 108 cm³/mol. The van der Waals surface area contributed by atoms with Gasteiger partial charge in [-0.1, -0.05) is 0 Å². The number of aldehydes is 1. The van der Waals surface area contributed by atoms with Crippen LogP contribution in [0.1, 0.15) is 23.8 Å². The summed E-state index contributed by atoms with van der Waals surface area (Å²) in [4.78, 5) is 30.8. The molecule has 1 aromatic heterocycles. The van der Waals surface area contributed by atoms with Crippen LogP contribution < -0.4 is 21.9 Å². The number of amides is 1. The first kappa shape index (κ1) is 22.2. The Morgan fingerprint density at radius 1 is 1.28 bits per heavy atom. The van der Waals surface area contributed by atoms with Crippen LogP contribution in [0.4, 0.5) is 17.3 Å². The summed E-state index contributed by atoms with van der Waals surface area (Å²) in [6.45, 7) is 1.73. The van der Waals surface area contributed by atoms with Crippen LogP contribution in [0.15, 0.2) is 35.4 Å². The van der Waals surface area contributed by atoms with Crippen molar-refractivity contribution in [3.8, 4) is 0 Å². The number of anilines is 3. The van der Waals surface area contributed by atoms with Gasteiger partial charge in [-0.05, 0) is 31.2 Å². The van der Waals surface area contributed by atoms with Crippen LogP contribution in [0.2, 0.25) is 0 Å². The minimum atomic E-state index is -3.57. The molecule has 0 aliphatic rings. The van der Waals surface area contributed by atoms with Crippen molar-refractivity contribution >= 4 is 39.5 Å². The maximum atomic E-state index is 12.2. The van der Waals surface area contributed by atoms with Gasteiger partial charge in [-0.15, -0.1) is 0 Å². The molecule has 0 bridgehead atoms. The highest BCUT2D eigenvalue weighted by molar-refractivity contribution is 7.89. The zero-order valence-corrected chi connectivity index (χ0v) is 17.0. The highest BCUT2D eigenvalue weighted by Gasteiger charge is 2.19. The third kappa shape index (κ3) is 5.04. The summed E-state index contributed by atoms with van der Waals surface area (Å²) in [6.07, 6.45) is 2.19. The molecule has 2 rings (SSSR count). The number of carbonyl (C=O) groups excluding carboxylic acids is 2. The molecule has 1 unspecified atom stereocenters. The maximum absolute atomic E-state index is 12.2. The van der Waals surface area contributed by atoms with Gasteiger partial charge in [-0.25, -0.2) is 28.5 Å². The van der Waals surface area contributed by atoms with Gasteiger partial charge in [0.15, 0.2) is 17.3 Å². The molecule has 11 nitrogen and oxygen atoms in total. The number of hydrogen-bond acceptors (Lipinski definition) is 9. The molecular formula is C17H23N7O4S. The van der Waals surface area contributed by atoms with Gasteiger partial charge in [-0.2, -0.15) is 0 Å². The molecule has 0 aliphatic carbocycles. The number of nitrogens with one attached hydrogen (secondary N) is 1. The van der Waals surface area contributed by atoms with E-state index in [1.807, 2.05) is 0 Å². The zero-order chi connectivity index (χ0) is 21.8. The molecule has 1 atom stereocenters. The SMILES string of the molecule is CC(CC=O)N(N)c1cnc(C(N)=O)c(Nc2ccc(S(=O)(=O)N(C)C)cc2)n1. The number of carbonyl (C=O) groups is 2. The number of hydrazine groups is 1. The molecular weight excluding hydrogens is 398 g/mol. The molecule has 0 spiro atoms. The monoisotopic (exact) mass is 421 g/mol. The highest BCUT2D eigenvalue weighted by Crippen LogP contribution is 2.23. The summed E-state index contributed by atoms with van der Waals surface area (Å²) in [6, 6.07) is 5.53. The van der Waals surface area contributed by atoms with Gasteiger partial charge >= 0.3 is 0 Å². The highest BCUT2D eigenvalue weighted by atomic mass is 32.2. The fourth-order valence-electron chi connectivity index (χ4n) is 2.31. The van der Waals surface area contributed by atoms with Gasteiger partial charge in [0, 0.05) is 26.2 Å². The van der Waals surface area contributed by atoms with Crippen molar-refractivity contribution in [3.63, 3.8) is 0 Å². The van der Waals surface area contributed by atoms with Crippen LogP contribution in [0.3, 0.4) is 0 Å². The van der Waals surface area contributed by atoms with Gasteiger partial charge < -0.3 is 15.8 Å². The summed E-state index contributed by atoms with van der Waals surface area (Å²) in [5.41, 5.74) is 5.70. The van der Waals surface area contributed by atoms with E-state index in [1.54, 1.807) is 6.92 Å². The Labute approximate surface area is 168 Å². The first-order valence-electron chi connectivity index (χ1n) is 8.52. The summed E-state index contributed by atoms with van der Waals surface area (Å²) >= 11 is 0. The number of nitrogens with zero attached hydrogens (tertiary/aromatic N) is 4. The Morgan fingerprint density at radius 3 is 2.41 bits per heavy atom. The minimum Gasteiger partial charge on any atom is -0.364 e. The number of sulfonamides is 1. The normalized spacial score (nSPS) is 12.4. The standard InChI is InChI=1S/C17H23N7O4S/c1-11(8-9-25)24(19)14-10-20-15(16(18)26)17(22-14)21-12-4-6-13(7-5-12)29(27,28)23(2)3/h4-7,9-11H,8,19H2,1-3H3,(H2,18,26)(H,21,22). The Morgan fingerprint density at radius 2 is 1.90 bits per heavy atom. The second-order valence-electron chi connectivity index (χ2n) is 6.39. The van der Waals surface area contributed by atoms with Crippen molar-refractivity contribution in [2.45, 2.75) is 24.3 Å². The second-order valence-corrected chi connectivity index (χ2v) is 8.54. The third-order valence-corrected chi connectivity index (χ3v) is 5.89. The van der Waals surface area contributed by atoms with E-state index in [2.05, 4.69) is 15.3 Å². The van der Waals surface area contributed by atoms with Crippen molar-refractivity contribution in [3.05, 3.63) is 36.2 Å². The third-order valence-electron chi connectivity index (χ3n) is 4.07. The number of primary amides is 1. The lowest BCUT2D eigenvalue weighted by atomic mass is 10.2. The molecule has 5 N–H and O–H groups in total. The Hall–Kier alpha value is -3.09. The van der Waals surface area contributed by atoms with Crippen LogP contribution in [0.5, 0.6) is 0 Å². The molecule has 12 heteroatoms. The zero-order valence-electron chi connectivity index (χ0n) is 16.2. The Bertz CT molecular complexity index is 993. The Balaban J connectivity index is 2.36. The molecule has 1 aromatic carbocycles. The summed E-state index contributed by atoms with van der Waals surface area (Å²) in [5, 5.41) is 4.15. The molecule has 1 heterocycles. The fraction of sp³-hybridized carbons (Fsp3) is 0.294. The van der Waals surface area contributed by atoms with Crippen LogP contribution in [0, 0.1) is 0 Å². The lowest BCUT2D eigenvalue weighted by molar-refractivity contribution is -0.108. The molecule has 0 fully saturated rings.